The van der Waals surface area contributed by atoms with Crippen molar-refractivity contribution in [2.45, 2.75) is 24.6 Å². The van der Waals surface area contributed by atoms with Crippen LogP contribution in [0, 0.1) is 0 Å². The van der Waals surface area contributed by atoms with Gasteiger partial charge in [0.1, 0.15) is 18.3 Å². The average Bonchev–Trinajstić information content (AvgIpc) is 2.30. The summed E-state index contributed by atoms with van der Waals surface area (Å²) in [6, 6.07) is 0. The highest BCUT2D eigenvalue weighted by atomic mass is 17.1. The summed E-state index contributed by atoms with van der Waals surface area (Å²) in [6.45, 7) is -0.432. The molecule has 1 saturated heterocycles. The van der Waals surface area contributed by atoms with Gasteiger partial charge >= 0.3 is 0 Å². The first-order valence-corrected chi connectivity index (χ1v) is 3.13. The van der Waals surface area contributed by atoms with Crippen LogP contribution in [0.2, 0.25) is 0 Å². The summed E-state index contributed by atoms with van der Waals surface area (Å²) in [7, 11) is 0. The Balaban J connectivity index is 2.53. The lowest BCUT2D eigenvalue weighted by Crippen LogP contribution is -2.34. The monoisotopic (exact) mass is 166 g/mol. The number of rotatable bonds is 2. The Bertz CT molecular complexity index is 110. The summed E-state index contributed by atoms with van der Waals surface area (Å²) < 4.78 is 4.66. The van der Waals surface area contributed by atoms with Gasteiger partial charge in [-0.1, -0.05) is 0 Å². The van der Waals surface area contributed by atoms with Gasteiger partial charge in [-0.15, -0.1) is 0 Å². The van der Waals surface area contributed by atoms with Crippen molar-refractivity contribution in [2.24, 2.45) is 0 Å². The van der Waals surface area contributed by atoms with Crippen LogP contribution in [0.4, 0.5) is 0 Å². The van der Waals surface area contributed by atoms with Crippen molar-refractivity contribution in [3.63, 3.8) is 0 Å². The molecule has 0 unspecified atom stereocenters. The average molecular weight is 166 g/mol. The third-order valence-electron chi connectivity index (χ3n) is 1.60. The maximum Gasteiger partial charge on any atom is 0.220 e. The molecule has 1 rings (SSSR count). The van der Waals surface area contributed by atoms with Gasteiger partial charge < -0.3 is 20.1 Å². The smallest absolute Gasteiger partial charge is 0.220 e. The van der Waals surface area contributed by atoms with Gasteiger partial charge in [0, 0.05) is 0 Å². The highest BCUT2D eigenvalue weighted by Gasteiger charge is 2.43. The Hall–Kier alpha value is -0.240. The molecule has 66 valence electrons. The second kappa shape index (κ2) is 3.44. The van der Waals surface area contributed by atoms with E-state index < -0.39 is 31.2 Å². The summed E-state index contributed by atoms with van der Waals surface area (Å²) >= 11 is 0. The van der Waals surface area contributed by atoms with Crippen LogP contribution in [-0.2, 0) is 9.62 Å². The van der Waals surface area contributed by atoms with E-state index in [1.54, 1.807) is 0 Å². The second-order valence-corrected chi connectivity index (χ2v) is 2.31. The van der Waals surface area contributed by atoms with Gasteiger partial charge in [0.15, 0.2) is 0 Å². The molecule has 0 amide bonds. The third kappa shape index (κ3) is 1.51. The first kappa shape index (κ1) is 8.85. The standard InChI is InChI=1S/C5H10O6/c6-1-2-3(7)4(8)5(10-2)11-9/h2-9H,1H2/t2-,3-,4-,5-/m1/s1. The maximum absolute atomic E-state index is 9.03. The normalized spacial score (nSPS) is 44.7. The summed E-state index contributed by atoms with van der Waals surface area (Å²) in [6.07, 6.45) is -4.72. The Labute approximate surface area is 62.5 Å². The van der Waals surface area contributed by atoms with Crippen LogP contribution in [0.25, 0.3) is 0 Å². The number of aliphatic hydroxyl groups is 3. The van der Waals surface area contributed by atoms with E-state index in [9.17, 15) is 0 Å². The highest BCUT2D eigenvalue weighted by Crippen LogP contribution is 2.20. The molecule has 4 N–H and O–H groups in total. The molecule has 0 spiro atoms. The molecule has 1 aliphatic rings. The zero-order chi connectivity index (χ0) is 8.43. The van der Waals surface area contributed by atoms with Crippen LogP contribution in [0.3, 0.4) is 0 Å². The van der Waals surface area contributed by atoms with E-state index in [1.165, 1.54) is 0 Å². The van der Waals surface area contributed by atoms with Crippen LogP contribution in [0.15, 0.2) is 0 Å². The fraction of sp³-hybridized carbons (Fsp3) is 1.00. The third-order valence-corrected chi connectivity index (χ3v) is 1.60. The SMILES string of the molecule is OC[C@H]1O[C@H](OO)[C@H](O)[C@@H]1O. The molecular formula is C5H10O6. The molecular weight excluding hydrogens is 156 g/mol. The molecule has 0 aromatic heterocycles. The fourth-order valence-electron chi connectivity index (χ4n) is 0.952. The van der Waals surface area contributed by atoms with Crippen molar-refractivity contribution in [3.8, 4) is 0 Å². The molecule has 1 heterocycles. The number of ether oxygens (including phenoxy) is 1. The van der Waals surface area contributed by atoms with E-state index in [-0.39, 0.29) is 0 Å². The summed E-state index contributed by atoms with van der Waals surface area (Å²) in [5.41, 5.74) is 0. The number of hydrogen-bond acceptors (Lipinski definition) is 6. The van der Waals surface area contributed by atoms with Crippen molar-refractivity contribution in [2.75, 3.05) is 6.61 Å². The molecule has 6 heteroatoms. The highest BCUT2D eigenvalue weighted by molar-refractivity contribution is 4.85. The lowest BCUT2D eigenvalue weighted by atomic mass is 10.1. The zero-order valence-corrected chi connectivity index (χ0v) is 5.62. The Kier molecular flexibility index (Phi) is 2.77. The number of aliphatic hydroxyl groups excluding tert-OH is 3. The van der Waals surface area contributed by atoms with Crippen LogP contribution in [0.1, 0.15) is 0 Å². The lowest BCUT2D eigenvalue weighted by molar-refractivity contribution is -0.354. The van der Waals surface area contributed by atoms with Gasteiger partial charge in [-0.3, -0.25) is 0 Å². The van der Waals surface area contributed by atoms with E-state index in [0.29, 0.717) is 0 Å². The summed E-state index contributed by atoms with van der Waals surface area (Å²) in [5, 5.41) is 34.6. The van der Waals surface area contributed by atoms with Gasteiger partial charge in [-0.2, -0.15) is 0 Å². The Morgan fingerprint density at radius 3 is 2.18 bits per heavy atom. The van der Waals surface area contributed by atoms with Gasteiger partial charge in [-0.25, -0.2) is 10.1 Å². The van der Waals surface area contributed by atoms with Crippen molar-refractivity contribution in [3.05, 3.63) is 0 Å². The van der Waals surface area contributed by atoms with Crippen LogP contribution >= 0.6 is 0 Å². The lowest BCUT2D eigenvalue weighted by Gasteiger charge is -2.09. The first-order chi connectivity index (χ1) is 5.20. The molecule has 0 aromatic carbocycles. The van der Waals surface area contributed by atoms with E-state index >= 15 is 0 Å². The zero-order valence-electron chi connectivity index (χ0n) is 5.62. The van der Waals surface area contributed by atoms with Crippen molar-refractivity contribution >= 4 is 0 Å². The molecule has 0 bridgehead atoms. The Morgan fingerprint density at radius 2 is 1.91 bits per heavy atom. The van der Waals surface area contributed by atoms with Crippen LogP contribution in [-0.4, -0.2) is 51.8 Å². The minimum absolute atomic E-state index is 0.432. The summed E-state index contributed by atoms with van der Waals surface area (Å²) in [4.78, 5) is 3.68. The van der Waals surface area contributed by atoms with E-state index in [0.717, 1.165) is 0 Å². The van der Waals surface area contributed by atoms with Gasteiger partial charge in [0.2, 0.25) is 6.29 Å². The molecule has 1 fully saturated rings. The second-order valence-electron chi connectivity index (χ2n) is 2.31. The fourth-order valence-corrected chi connectivity index (χ4v) is 0.952. The van der Waals surface area contributed by atoms with E-state index in [4.69, 9.17) is 20.6 Å². The molecule has 4 atom stereocenters. The van der Waals surface area contributed by atoms with Crippen LogP contribution in [0.5, 0.6) is 0 Å². The maximum atomic E-state index is 9.03. The molecule has 0 saturated carbocycles. The van der Waals surface area contributed by atoms with E-state index in [2.05, 4.69) is 9.62 Å². The molecule has 0 aromatic rings. The van der Waals surface area contributed by atoms with Gasteiger partial charge in [0.05, 0.1) is 6.61 Å². The van der Waals surface area contributed by atoms with Gasteiger partial charge in [0.25, 0.3) is 0 Å². The summed E-state index contributed by atoms with van der Waals surface area (Å²) in [5.74, 6) is 0. The largest absolute Gasteiger partial charge is 0.394 e. The van der Waals surface area contributed by atoms with E-state index in [1.807, 2.05) is 0 Å². The minimum atomic E-state index is -1.32. The van der Waals surface area contributed by atoms with Crippen molar-refractivity contribution in [1.82, 2.24) is 0 Å². The first-order valence-electron chi connectivity index (χ1n) is 3.13. The minimum Gasteiger partial charge on any atom is -0.394 e. The molecule has 11 heavy (non-hydrogen) atoms. The quantitative estimate of drug-likeness (QED) is 0.277. The molecule has 0 aliphatic carbocycles. The topological polar surface area (TPSA) is 99.4 Å². The van der Waals surface area contributed by atoms with Gasteiger partial charge in [-0.05, 0) is 0 Å². The predicted octanol–water partition coefficient (Wildman–Crippen LogP) is -2.08. The predicted molar refractivity (Wildman–Crippen MR) is 31.5 cm³/mol. The number of hydrogen-bond donors (Lipinski definition) is 4. The molecule has 6 nitrogen and oxygen atoms in total. The Morgan fingerprint density at radius 1 is 1.27 bits per heavy atom. The van der Waals surface area contributed by atoms with Crippen molar-refractivity contribution < 1.29 is 30.2 Å². The van der Waals surface area contributed by atoms with Crippen molar-refractivity contribution in [1.29, 1.82) is 0 Å². The molecule has 0 radical (unpaired) electrons. The molecule has 1 aliphatic heterocycles. The van der Waals surface area contributed by atoms with Crippen LogP contribution < -0.4 is 0 Å².